The molecule has 2 unspecified atom stereocenters. The molecule has 0 N–H and O–H groups in total. The van der Waals surface area contributed by atoms with Crippen molar-refractivity contribution in [1.82, 2.24) is 24.8 Å². The number of thioether (sulfide) groups is 1. The van der Waals surface area contributed by atoms with E-state index in [9.17, 15) is 23.2 Å². The van der Waals surface area contributed by atoms with Crippen molar-refractivity contribution in [1.29, 1.82) is 5.26 Å². The third-order valence-corrected chi connectivity index (χ3v) is 12.7. The lowest BCUT2D eigenvalue weighted by Crippen LogP contribution is -2.55. The first-order chi connectivity index (χ1) is 24.4. The molecule has 0 bridgehead atoms. The third-order valence-electron chi connectivity index (χ3n) is 10.5. The lowest BCUT2D eigenvalue weighted by atomic mass is 9.75. The van der Waals surface area contributed by atoms with Gasteiger partial charge in [-0.2, -0.15) is 15.2 Å². The summed E-state index contributed by atoms with van der Waals surface area (Å²) in [4.78, 5) is 34.5. The maximum Gasteiger partial charge on any atom is 0.318 e. The Hall–Kier alpha value is -4.35. The van der Waals surface area contributed by atoms with E-state index >= 15 is 0 Å². The summed E-state index contributed by atoms with van der Waals surface area (Å²) in [6, 6.07) is 8.46. The number of hydrogen-bond acceptors (Lipinski definition) is 10. The van der Waals surface area contributed by atoms with E-state index in [0.29, 0.717) is 56.6 Å². The molecule has 51 heavy (non-hydrogen) atoms. The molecule has 1 aromatic carbocycles. The van der Waals surface area contributed by atoms with E-state index in [2.05, 4.69) is 53.4 Å². The summed E-state index contributed by atoms with van der Waals surface area (Å²) in [6.07, 6.45) is 5.96. The SMILES string of the molecule is C=C(F)C(=O)N1CCN(c2nc(OCCN(C)C3SC(C4CC(F)(F)C4)[C@@H]3C)nc3c2CCN(c2cncc4cccc(C)c24)C3)C=C1CC#N. The molecule has 14 heteroatoms. The first-order valence-corrected chi connectivity index (χ1v) is 18.2. The number of alkyl halides is 2. The molecule has 3 atom stereocenters. The molecule has 1 amide bonds. The number of halogens is 3. The van der Waals surface area contributed by atoms with Crippen LogP contribution in [0.25, 0.3) is 10.8 Å². The summed E-state index contributed by atoms with van der Waals surface area (Å²) >= 11 is 1.77. The number of benzene rings is 1. The highest BCUT2D eigenvalue weighted by molar-refractivity contribution is 8.01. The normalized spacial score (nSPS) is 22.9. The van der Waals surface area contributed by atoms with Crippen molar-refractivity contribution >= 4 is 39.9 Å². The van der Waals surface area contributed by atoms with E-state index in [4.69, 9.17) is 14.7 Å². The monoisotopic (exact) mass is 718 g/mol. The van der Waals surface area contributed by atoms with Crippen LogP contribution in [0.5, 0.6) is 6.01 Å². The number of ether oxygens (including phenoxy) is 1. The van der Waals surface area contributed by atoms with E-state index in [1.807, 2.05) is 30.4 Å². The second-order valence-corrected chi connectivity index (χ2v) is 15.3. The van der Waals surface area contributed by atoms with Crippen molar-refractivity contribution in [3.8, 4) is 12.1 Å². The van der Waals surface area contributed by atoms with Crippen LogP contribution >= 0.6 is 11.8 Å². The Kier molecular flexibility index (Phi) is 9.62. The van der Waals surface area contributed by atoms with Crippen molar-refractivity contribution in [2.75, 3.05) is 49.6 Å². The van der Waals surface area contributed by atoms with Gasteiger partial charge in [0.25, 0.3) is 5.91 Å². The molecule has 268 valence electrons. The summed E-state index contributed by atoms with van der Waals surface area (Å²) in [6.45, 7) is 9.95. The number of amides is 1. The van der Waals surface area contributed by atoms with Crippen LogP contribution in [0.4, 0.5) is 24.7 Å². The smallest absolute Gasteiger partial charge is 0.318 e. The van der Waals surface area contributed by atoms with Crippen molar-refractivity contribution < 1.29 is 22.7 Å². The van der Waals surface area contributed by atoms with E-state index in [1.54, 1.807) is 18.0 Å². The van der Waals surface area contributed by atoms with Gasteiger partial charge in [0.2, 0.25) is 5.92 Å². The van der Waals surface area contributed by atoms with Crippen LogP contribution in [0.2, 0.25) is 0 Å². The molecule has 2 aromatic heterocycles. The second-order valence-electron chi connectivity index (χ2n) is 14.0. The summed E-state index contributed by atoms with van der Waals surface area (Å²) in [7, 11) is 2.02. The molecule has 7 rings (SSSR count). The van der Waals surface area contributed by atoms with E-state index in [0.717, 1.165) is 33.3 Å². The maximum absolute atomic E-state index is 13.9. The van der Waals surface area contributed by atoms with Crippen LogP contribution in [-0.2, 0) is 17.8 Å². The number of aromatic nitrogens is 3. The Morgan fingerprint density at radius 3 is 2.75 bits per heavy atom. The van der Waals surface area contributed by atoms with Crippen LogP contribution in [0.1, 0.15) is 43.0 Å². The lowest BCUT2D eigenvalue weighted by molar-refractivity contribution is -0.127. The highest BCUT2D eigenvalue weighted by Crippen LogP contribution is 2.56. The van der Waals surface area contributed by atoms with Crippen LogP contribution < -0.4 is 14.5 Å². The second kappa shape index (κ2) is 14.0. The number of rotatable bonds is 10. The highest BCUT2D eigenvalue weighted by Gasteiger charge is 2.55. The number of carbonyl (C=O) groups is 1. The van der Waals surface area contributed by atoms with Crippen molar-refractivity contribution in [2.24, 2.45) is 11.8 Å². The van der Waals surface area contributed by atoms with Crippen LogP contribution in [0.3, 0.4) is 0 Å². The van der Waals surface area contributed by atoms with Gasteiger partial charge >= 0.3 is 6.01 Å². The molecule has 10 nitrogen and oxygen atoms in total. The van der Waals surface area contributed by atoms with Gasteiger partial charge in [-0.3, -0.25) is 14.7 Å². The van der Waals surface area contributed by atoms with Crippen LogP contribution in [0.15, 0.2) is 54.9 Å². The molecular weight excluding hydrogens is 678 g/mol. The first-order valence-electron chi connectivity index (χ1n) is 17.3. The number of nitriles is 1. The summed E-state index contributed by atoms with van der Waals surface area (Å²) in [5.41, 5.74) is 4.27. The van der Waals surface area contributed by atoms with E-state index in [1.165, 1.54) is 4.90 Å². The van der Waals surface area contributed by atoms with E-state index in [-0.39, 0.29) is 48.4 Å². The molecule has 0 spiro atoms. The molecule has 1 aliphatic carbocycles. The topological polar surface area (TPSA) is 102 Å². The van der Waals surface area contributed by atoms with Crippen molar-refractivity contribution in [3.05, 3.63) is 71.7 Å². The summed E-state index contributed by atoms with van der Waals surface area (Å²) < 4.78 is 47.1. The van der Waals surface area contributed by atoms with E-state index < -0.39 is 17.7 Å². The number of pyridine rings is 1. The van der Waals surface area contributed by atoms with Crippen LogP contribution in [0, 0.1) is 30.1 Å². The zero-order chi connectivity index (χ0) is 36.0. The molecule has 1 saturated carbocycles. The Balaban J connectivity index is 1.13. The number of nitrogens with zero attached hydrogens (tertiary/aromatic N) is 8. The quantitative estimate of drug-likeness (QED) is 0.225. The number of allylic oxidation sites excluding steroid dienone is 1. The number of hydrogen-bond donors (Lipinski definition) is 0. The fraction of sp³-hybridized carbons (Fsp3) is 0.486. The Bertz CT molecular complexity index is 1920. The number of carbonyl (C=O) groups excluding carboxylic acids is 1. The van der Waals surface area contributed by atoms with Gasteiger partial charge in [0.1, 0.15) is 12.4 Å². The average Bonchev–Trinajstić information content (AvgIpc) is 3.09. The Labute approximate surface area is 300 Å². The van der Waals surface area contributed by atoms with Gasteiger partial charge in [-0.15, -0.1) is 11.8 Å². The van der Waals surface area contributed by atoms with Crippen molar-refractivity contribution in [2.45, 2.75) is 62.6 Å². The van der Waals surface area contributed by atoms with Gasteiger partial charge in [-0.1, -0.05) is 31.7 Å². The van der Waals surface area contributed by atoms with Gasteiger partial charge in [0, 0.05) is 73.0 Å². The predicted octanol–water partition coefficient (Wildman–Crippen LogP) is 6.22. The fourth-order valence-corrected chi connectivity index (χ4v) is 9.44. The molecule has 2 fully saturated rings. The zero-order valence-electron chi connectivity index (χ0n) is 29.0. The molecule has 1 saturated heterocycles. The van der Waals surface area contributed by atoms with Gasteiger partial charge in [-0.25, -0.2) is 13.2 Å². The average molecular weight is 719 g/mol. The molecule has 0 radical (unpaired) electrons. The number of fused-ring (bicyclic) bond motifs is 2. The Morgan fingerprint density at radius 2 is 2.02 bits per heavy atom. The zero-order valence-corrected chi connectivity index (χ0v) is 29.8. The predicted molar refractivity (Wildman–Crippen MR) is 191 cm³/mol. The summed E-state index contributed by atoms with van der Waals surface area (Å²) in [5.74, 6) is -3.44. The number of aryl methyl sites for hydroxylation is 1. The lowest BCUT2D eigenvalue weighted by Gasteiger charge is -2.53. The largest absolute Gasteiger partial charge is 0.462 e. The molecule has 3 aromatic rings. The summed E-state index contributed by atoms with van der Waals surface area (Å²) in [5, 5.41) is 12.2. The standard InChI is InChI=1S/C37H41F3N8O2S/c1-22-6-5-7-25-18-42-19-30(31(22)25)46-11-9-28-29(21-46)43-36(44-33(28)47-12-13-48(34(49)24(3)38)27(20-47)8-10-41)50-15-14-45(4)35-23(2)32(51-35)26-16-37(39,40)17-26/h5-7,18-20,23,26,32,35H,3,8-9,11-17,21H2,1-2,4H3/t23-,32?,35?/m0/s1. The highest BCUT2D eigenvalue weighted by atomic mass is 32.2. The minimum Gasteiger partial charge on any atom is -0.462 e. The molecule has 5 heterocycles. The third kappa shape index (κ3) is 6.85. The van der Waals surface area contributed by atoms with Gasteiger partial charge < -0.3 is 19.4 Å². The maximum atomic E-state index is 13.9. The van der Waals surface area contributed by atoms with Gasteiger partial charge in [0.05, 0.1) is 47.7 Å². The fourth-order valence-electron chi connectivity index (χ4n) is 7.84. The number of anilines is 2. The Morgan fingerprint density at radius 1 is 1.22 bits per heavy atom. The first kappa shape index (κ1) is 35.1. The number of likely N-dealkylation sites (N-methyl/N-ethyl adjacent to an activating group) is 1. The molecule has 4 aliphatic rings. The van der Waals surface area contributed by atoms with Crippen LogP contribution in [-0.4, -0.2) is 87.0 Å². The van der Waals surface area contributed by atoms with Gasteiger partial charge in [0.15, 0.2) is 5.83 Å². The van der Waals surface area contributed by atoms with Gasteiger partial charge in [-0.05, 0) is 37.8 Å². The molecule has 3 aliphatic heterocycles. The molecular formula is C37H41F3N8O2S. The van der Waals surface area contributed by atoms with Crippen molar-refractivity contribution in [3.63, 3.8) is 0 Å². The minimum absolute atomic E-state index is 0.00963. The minimum atomic E-state index is -2.51.